The van der Waals surface area contributed by atoms with Crippen LogP contribution >= 0.6 is 11.6 Å². The van der Waals surface area contributed by atoms with E-state index in [1.54, 1.807) is 0 Å². The van der Waals surface area contributed by atoms with Crippen molar-refractivity contribution in [2.24, 2.45) is 0 Å². The first-order chi connectivity index (χ1) is 18.1. The molecule has 1 saturated carbocycles. The van der Waals surface area contributed by atoms with Gasteiger partial charge in [-0.2, -0.15) is 13.2 Å². The largest absolute Gasteiger partial charge is 0.423 e. The fourth-order valence-corrected chi connectivity index (χ4v) is 5.11. The maximum absolute atomic E-state index is 13.2. The maximum atomic E-state index is 13.2. The molecule has 2 aromatic rings. The molecule has 0 radical (unpaired) electrons. The summed E-state index contributed by atoms with van der Waals surface area (Å²) >= 11 is 5.98. The summed E-state index contributed by atoms with van der Waals surface area (Å²) in [5, 5.41) is 14.7. The van der Waals surface area contributed by atoms with Crippen molar-refractivity contribution < 1.29 is 27.6 Å². The number of hydrogen-bond donors (Lipinski definition) is 1. The number of amides is 1. The molecule has 0 aromatic heterocycles. The van der Waals surface area contributed by atoms with Crippen molar-refractivity contribution >= 4 is 34.6 Å². The van der Waals surface area contributed by atoms with Gasteiger partial charge >= 0.3 is 6.18 Å². The fourth-order valence-electron chi connectivity index (χ4n) is 4.98. The monoisotopic (exact) mass is 554 g/mol. The van der Waals surface area contributed by atoms with Crippen LogP contribution in [0.15, 0.2) is 42.5 Å². The summed E-state index contributed by atoms with van der Waals surface area (Å²) in [6, 6.07) is 10.5. The Hall–Kier alpha value is -3.05. The molecular formula is C26H30ClF3N4O4. The van der Waals surface area contributed by atoms with E-state index < -0.39 is 22.4 Å². The molecule has 1 aliphatic heterocycles. The van der Waals surface area contributed by atoms with Crippen LogP contribution in [0.25, 0.3) is 0 Å². The minimum atomic E-state index is -4.82. The molecule has 1 amide bonds. The van der Waals surface area contributed by atoms with E-state index in [1.807, 2.05) is 29.2 Å². The number of anilines is 2. The molecule has 1 saturated heterocycles. The molecule has 0 atom stereocenters. The first kappa shape index (κ1) is 28.0. The van der Waals surface area contributed by atoms with E-state index in [9.17, 15) is 28.1 Å². The van der Waals surface area contributed by atoms with E-state index in [4.69, 9.17) is 16.3 Å². The second-order valence-corrected chi connectivity index (χ2v) is 10.1. The lowest BCUT2D eigenvalue weighted by Crippen LogP contribution is -2.39. The predicted molar refractivity (Wildman–Crippen MR) is 139 cm³/mol. The van der Waals surface area contributed by atoms with Crippen LogP contribution in [0.4, 0.5) is 30.2 Å². The summed E-state index contributed by atoms with van der Waals surface area (Å²) in [5.41, 5.74) is -0.968. The van der Waals surface area contributed by atoms with E-state index in [0.717, 1.165) is 37.3 Å². The lowest BCUT2D eigenvalue weighted by Gasteiger charge is -2.30. The van der Waals surface area contributed by atoms with Crippen molar-refractivity contribution in [1.29, 1.82) is 0 Å². The molecule has 206 valence electrons. The van der Waals surface area contributed by atoms with Gasteiger partial charge in [-0.1, -0.05) is 11.6 Å². The van der Waals surface area contributed by atoms with Gasteiger partial charge in [0.25, 0.3) is 5.69 Å². The van der Waals surface area contributed by atoms with Crippen LogP contribution in [0.5, 0.6) is 0 Å². The number of nitrogens with one attached hydrogen (secondary N) is 1. The van der Waals surface area contributed by atoms with Crippen LogP contribution in [0, 0.1) is 10.1 Å². The lowest BCUT2D eigenvalue weighted by molar-refractivity contribution is -0.388. The van der Waals surface area contributed by atoms with Gasteiger partial charge in [0.2, 0.25) is 5.91 Å². The molecule has 1 N–H and O–H groups in total. The number of carbonyl (C=O) groups excluding carboxylic acids is 1. The number of nitro benzene ring substituents is 1. The van der Waals surface area contributed by atoms with Gasteiger partial charge in [0.05, 0.1) is 11.0 Å². The average molecular weight is 555 g/mol. The summed E-state index contributed by atoms with van der Waals surface area (Å²) in [7, 11) is 0. The number of ether oxygens (including phenoxy) is 1. The molecule has 0 unspecified atom stereocenters. The first-order valence-electron chi connectivity index (χ1n) is 12.6. The molecule has 0 spiro atoms. The predicted octanol–water partition coefficient (Wildman–Crippen LogP) is 5.75. The Morgan fingerprint density at radius 3 is 2.42 bits per heavy atom. The summed E-state index contributed by atoms with van der Waals surface area (Å²) in [5.74, 6) is -0.0474. The smallest absolute Gasteiger partial charge is 0.382 e. The topological polar surface area (TPSA) is 87.9 Å². The zero-order valence-corrected chi connectivity index (χ0v) is 21.5. The van der Waals surface area contributed by atoms with E-state index in [0.29, 0.717) is 43.8 Å². The van der Waals surface area contributed by atoms with E-state index in [1.165, 1.54) is 6.07 Å². The number of halogens is 4. The third kappa shape index (κ3) is 7.28. The molecule has 12 heteroatoms. The number of alkyl halides is 3. The highest BCUT2D eigenvalue weighted by Crippen LogP contribution is 2.38. The Morgan fingerprint density at radius 2 is 1.76 bits per heavy atom. The molecule has 8 nitrogen and oxygen atoms in total. The van der Waals surface area contributed by atoms with Crippen molar-refractivity contribution in [3.8, 4) is 0 Å². The van der Waals surface area contributed by atoms with Crippen molar-refractivity contribution in [3.63, 3.8) is 0 Å². The Bertz CT molecular complexity index is 1120. The van der Waals surface area contributed by atoms with E-state index in [-0.39, 0.29) is 30.3 Å². The number of nitrogens with zero attached hydrogens (tertiary/aromatic N) is 3. The number of benzene rings is 2. The SMILES string of the molecule is O=C(CO[C@H]1CC[C@H](Nc2ccc([N+](=O)[O-])c(C(F)(F)F)c2)CC1)N1CCCN(c2ccc(Cl)cc2)CC1. The maximum Gasteiger partial charge on any atom is 0.423 e. The van der Waals surface area contributed by atoms with Gasteiger partial charge in [0, 0.05) is 54.7 Å². The summed E-state index contributed by atoms with van der Waals surface area (Å²) in [4.78, 5) is 26.8. The third-order valence-electron chi connectivity index (χ3n) is 7.03. The minimum Gasteiger partial charge on any atom is -0.382 e. The van der Waals surface area contributed by atoms with Crippen LogP contribution in [0.2, 0.25) is 5.02 Å². The fraction of sp³-hybridized carbons (Fsp3) is 0.500. The lowest BCUT2D eigenvalue weighted by atomic mass is 9.92. The van der Waals surface area contributed by atoms with Crippen LogP contribution < -0.4 is 10.2 Å². The highest BCUT2D eigenvalue weighted by Gasteiger charge is 2.38. The molecule has 4 rings (SSSR count). The Morgan fingerprint density at radius 1 is 1.05 bits per heavy atom. The van der Waals surface area contributed by atoms with E-state index >= 15 is 0 Å². The first-order valence-corrected chi connectivity index (χ1v) is 13.0. The quantitative estimate of drug-likeness (QED) is 0.346. The van der Waals surface area contributed by atoms with Crippen molar-refractivity contribution in [3.05, 3.63) is 63.2 Å². The third-order valence-corrected chi connectivity index (χ3v) is 7.28. The zero-order valence-electron chi connectivity index (χ0n) is 20.8. The molecule has 2 aromatic carbocycles. The molecule has 2 aliphatic rings. The van der Waals surface area contributed by atoms with Crippen LogP contribution in [0.3, 0.4) is 0 Å². The zero-order chi connectivity index (χ0) is 27.3. The van der Waals surface area contributed by atoms with Gasteiger partial charge in [-0.05, 0) is 68.5 Å². The van der Waals surface area contributed by atoms with Crippen LogP contribution in [-0.4, -0.2) is 60.7 Å². The number of rotatable bonds is 7. The van der Waals surface area contributed by atoms with Gasteiger partial charge in [0.1, 0.15) is 12.2 Å². The standard InChI is InChI=1S/C26H30ClF3N4O4/c27-18-2-7-21(8-3-18)32-12-1-13-33(15-14-32)25(35)17-38-22-9-4-19(5-10-22)31-20-6-11-24(34(36)37)23(16-20)26(28,29)30/h2-3,6-8,11,16,19,22,31H,1,4-5,9-10,12-15,17H2/t19-,22-. The highest BCUT2D eigenvalue weighted by molar-refractivity contribution is 6.30. The van der Waals surface area contributed by atoms with E-state index in [2.05, 4.69) is 10.2 Å². The van der Waals surface area contributed by atoms with Gasteiger partial charge in [-0.15, -0.1) is 0 Å². The highest BCUT2D eigenvalue weighted by atomic mass is 35.5. The summed E-state index contributed by atoms with van der Waals surface area (Å²) in [6.07, 6.45) is -1.45. The summed E-state index contributed by atoms with van der Waals surface area (Å²) < 4.78 is 45.6. The molecule has 0 bridgehead atoms. The molecule has 38 heavy (non-hydrogen) atoms. The number of nitro groups is 1. The Kier molecular flexibility index (Phi) is 8.99. The van der Waals surface area contributed by atoms with Gasteiger partial charge in [-0.25, -0.2) is 0 Å². The number of carbonyl (C=O) groups is 1. The molecule has 1 heterocycles. The second-order valence-electron chi connectivity index (χ2n) is 9.61. The molecule has 1 aliphatic carbocycles. The molecule has 2 fully saturated rings. The van der Waals surface area contributed by atoms with Gasteiger partial charge < -0.3 is 19.9 Å². The molecular weight excluding hydrogens is 525 g/mol. The Balaban J connectivity index is 1.22. The average Bonchev–Trinajstić information content (AvgIpc) is 3.14. The van der Waals surface area contributed by atoms with Crippen LogP contribution in [-0.2, 0) is 15.7 Å². The Labute approximate surface area is 223 Å². The van der Waals surface area contributed by atoms with Crippen molar-refractivity contribution in [2.75, 3.05) is 43.0 Å². The van der Waals surface area contributed by atoms with Crippen molar-refractivity contribution in [1.82, 2.24) is 4.90 Å². The van der Waals surface area contributed by atoms with Gasteiger partial charge in [-0.3, -0.25) is 14.9 Å². The normalized spacial score (nSPS) is 20.6. The van der Waals surface area contributed by atoms with Crippen molar-refractivity contribution in [2.45, 2.75) is 50.4 Å². The number of hydrogen-bond acceptors (Lipinski definition) is 6. The minimum absolute atomic E-state index is 0.000994. The second kappa shape index (κ2) is 12.2. The van der Waals surface area contributed by atoms with Crippen LogP contribution in [0.1, 0.15) is 37.7 Å². The van der Waals surface area contributed by atoms with Gasteiger partial charge in [0.15, 0.2) is 0 Å². The summed E-state index contributed by atoms with van der Waals surface area (Å²) in [6.45, 7) is 2.85.